The summed E-state index contributed by atoms with van der Waals surface area (Å²) in [6.07, 6.45) is 0.233. The van der Waals surface area contributed by atoms with Gasteiger partial charge in [0, 0.05) is 15.8 Å². The predicted molar refractivity (Wildman–Crippen MR) is 87.4 cm³/mol. The Morgan fingerprint density at radius 3 is 2.91 bits per heavy atom. The van der Waals surface area contributed by atoms with Gasteiger partial charge in [0.15, 0.2) is 0 Å². The first-order valence-corrected chi connectivity index (χ1v) is 8.46. The fourth-order valence-electron chi connectivity index (χ4n) is 1.97. The van der Waals surface area contributed by atoms with Crippen molar-refractivity contribution in [3.8, 4) is 10.6 Å². The van der Waals surface area contributed by atoms with Crippen LogP contribution in [0.15, 0.2) is 47.2 Å². The number of nitrogens with one attached hydrogen (secondary N) is 1. The molecule has 1 aromatic carbocycles. The lowest BCUT2D eigenvalue weighted by Crippen LogP contribution is -2.24. The molecule has 0 fully saturated rings. The van der Waals surface area contributed by atoms with E-state index in [1.807, 2.05) is 29.0 Å². The zero-order valence-corrected chi connectivity index (χ0v) is 13.2. The number of rotatable bonds is 5. The molecule has 22 heavy (non-hydrogen) atoms. The molecular weight excluding hydrogens is 319 g/mol. The van der Waals surface area contributed by atoms with Gasteiger partial charge in [0.25, 0.3) is 0 Å². The molecule has 6 heteroatoms. The topological polar surface area (TPSA) is 42.0 Å². The molecule has 0 saturated carbocycles. The Morgan fingerprint density at radius 2 is 2.14 bits per heavy atom. The summed E-state index contributed by atoms with van der Waals surface area (Å²) in [5.74, 6) is -0.354. The first-order valence-electron chi connectivity index (χ1n) is 6.70. The number of hydrogen-bond donors (Lipinski definition) is 1. The van der Waals surface area contributed by atoms with Crippen LogP contribution in [0.1, 0.15) is 10.6 Å². The second kappa shape index (κ2) is 6.81. The van der Waals surface area contributed by atoms with Crippen molar-refractivity contribution in [2.45, 2.75) is 13.0 Å². The SMILES string of the molecule is O=C(Cc1csc(-c2cccc(F)c2)n1)NCc1cccs1. The van der Waals surface area contributed by atoms with Gasteiger partial charge in [-0.05, 0) is 23.6 Å². The minimum Gasteiger partial charge on any atom is -0.351 e. The quantitative estimate of drug-likeness (QED) is 0.771. The highest BCUT2D eigenvalue weighted by Gasteiger charge is 2.09. The second-order valence-corrected chi connectivity index (χ2v) is 6.58. The van der Waals surface area contributed by atoms with E-state index in [1.165, 1.54) is 23.5 Å². The summed E-state index contributed by atoms with van der Waals surface area (Å²) in [5.41, 5.74) is 1.43. The second-order valence-electron chi connectivity index (χ2n) is 4.69. The number of halogens is 1. The maximum absolute atomic E-state index is 13.2. The standard InChI is InChI=1S/C16H13FN2OS2/c17-12-4-1-3-11(7-12)16-19-13(10-22-16)8-15(20)18-9-14-5-2-6-21-14/h1-7,10H,8-9H2,(H,18,20). The van der Waals surface area contributed by atoms with Crippen LogP contribution in [0.3, 0.4) is 0 Å². The molecule has 3 aromatic rings. The number of thiophene rings is 1. The number of benzene rings is 1. The van der Waals surface area contributed by atoms with Gasteiger partial charge < -0.3 is 5.32 Å². The van der Waals surface area contributed by atoms with Crippen LogP contribution in [0, 0.1) is 5.82 Å². The van der Waals surface area contributed by atoms with Gasteiger partial charge in [-0.1, -0.05) is 18.2 Å². The van der Waals surface area contributed by atoms with Crippen LogP contribution < -0.4 is 5.32 Å². The number of hydrogen-bond acceptors (Lipinski definition) is 4. The summed E-state index contributed by atoms with van der Waals surface area (Å²) in [4.78, 5) is 17.4. The number of amides is 1. The van der Waals surface area contributed by atoms with Crippen molar-refractivity contribution in [1.82, 2.24) is 10.3 Å². The van der Waals surface area contributed by atoms with Gasteiger partial charge >= 0.3 is 0 Å². The zero-order chi connectivity index (χ0) is 15.4. The molecule has 0 radical (unpaired) electrons. The number of carbonyl (C=O) groups excluding carboxylic acids is 1. The summed E-state index contributed by atoms with van der Waals surface area (Å²) in [5, 5.41) is 7.41. The van der Waals surface area contributed by atoms with E-state index in [-0.39, 0.29) is 18.1 Å². The Hall–Kier alpha value is -2.05. The van der Waals surface area contributed by atoms with E-state index >= 15 is 0 Å². The molecule has 2 heterocycles. The van der Waals surface area contributed by atoms with Crippen molar-refractivity contribution in [2.75, 3.05) is 0 Å². The molecular formula is C16H13FN2OS2. The van der Waals surface area contributed by atoms with Crippen LogP contribution in [0.4, 0.5) is 4.39 Å². The van der Waals surface area contributed by atoms with E-state index in [9.17, 15) is 9.18 Å². The molecule has 0 unspecified atom stereocenters. The van der Waals surface area contributed by atoms with Crippen molar-refractivity contribution in [2.24, 2.45) is 0 Å². The van der Waals surface area contributed by atoms with Gasteiger partial charge in [-0.15, -0.1) is 22.7 Å². The lowest BCUT2D eigenvalue weighted by molar-refractivity contribution is -0.120. The number of carbonyl (C=O) groups is 1. The molecule has 1 amide bonds. The maximum atomic E-state index is 13.2. The number of aromatic nitrogens is 1. The minimum absolute atomic E-state index is 0.0653. The van der Waals surface area contributed by atoms with E-state index in [4.69, 9.17) is 0 Å². The molecule has 3 rings (SSSR count). The van der Waals surface area contributed by atoms with Gasteiger partial charge in [-0.2, -0.15) is 0 Å². The fourth-order valence-corrected chi connectivity index (χ4v) is 3.43. The van der Waals surface area contributed by atoms with Crippen molar-refractivity contribution in [3.05, 3.63) is 63.5 Å². The van der Waals surface area contributed by atoms with E-state index in [1.54, 1.807) is 17.4 Å². The predicted octanol–water partition coefficient (Wildman–Crippen LogP) is 3.87. The van der Waals surface area contributed by atoms with Crippen LogP contribution in [0.5, 0.6) is 0 Å². The summed E-state index contributed by atoms with van der Waals surface area (Å²) < 4.78 is 13.2. The van der Waals surface area contributed by atoms with E-state index in [2.05, 4.69) is 10.3 Å². The van der Waals surface area contributed by atoms with Gasteiger partial charge in [0.1, 0.15) is 10.8 Å². The van der Waals surface area contributed by atoms with Crippen LogP contribution in [0.25, 0.3) is 10.6 Å². The molecule has 0 bridgehead atoms. The average Bonchev–Trinajstić information content (AvgIpc) is 3.16. The highest BCUT2D eigenvalue weighted by molar-refractivity contribution is 7.13. The molecule has 1 N–H and O–H groups in total. The van der Waals surface area contributed by atoms with Crippen molar-refractivity contribution >= 4 is 28.6 Å². The Morgan fingerprint density at radius 1 is 1.23 bits per heavy atom. The highest BCUT2D eigenvalue weighted by Crippen LogP contribution is 2.24. The molecule has 0 aliphatic heterocycles. The fraction of sp³-hybridized carbons (Fsp3) is 0.125. The third-order valence-electron chi connectivity index (χ3n) is 3.00. The molecule has 0 spiro atoms. The summed E-state index contributed by atoms with van der Waals surface area (Å²) >= 11 is 3.02. The van der Waals surface area contributed by atoms with E-state index in [0.717, 1.165) is 15.4 Å². The Labute approximate surface area is 135 Å². The number of thiazole rings is 1. The Bertz CT molecular complexity index is 768. The van der Waals surface area contributed by atoms with Crippen LogP contribution in [-0.2, 0) is 17.8 Å². The third kappa shape index (κ3) is 3.78. The van der Waals surface area contributed by atoms with Gasteiger partial charge in [-0.3, -0.25) is 4.79 Å². The summed E-state index contributed by atoms with van der Waals surface area (Å²) in [6, 6.07) is 10.2. The highest BCUT2D eigenvalue weighted by atomic mass is 32.1. The van der Waals surface area contributed by atoms with Crippen molar-refractivity contribution < 1.29 is 9.18 Å². The van der Waals surface area contributed by atoms with Crippen molar-refractivity contribution in [1.29, 1.82) is 0 Å². The minimum atomic E-state index is -0.289. The lowest BCUT2D eigenvalue weighted by atomic mass is 10.2. The van der Waals surface area contributed by atoms with E-state index < -0.39 is 0 Å². The van der Waals surface area contributed by atoms with Gasteiger partial charge in [0.05, 0.1) is 18.7 Å². The Balaban J connectivity index is 1.60. The van der Waals surface area contributed by atoms with Gasteiger partial charge in [0.2, 0.25) is 5.91 Å². The van der Waals surface area contributed by atoms with Crippen LogP contribution >= 0.6 is 22.7 Å². The zero-order valence-electron chi connectivity index (χ0n) is 11.6. The van der Waals surface area contributed by atoms with Gasteiger partial charge in [-0.25, -0.2) is 9.37 Å². The molecule has 0 saturated heterocycles. The normalized spacial score (nSPS) is 10.6. The molecule has 112 valence electrons. The molecule has 2 aromatic heterocycles. The number of nitrogens with zero attached hydrogens (tertiary/aromatic N) is 1. The molecule has 0 aliphatic carbocycles. The smallest absolute Gasteiger partial charge is 0.226 e. The molecule has 0 atom stereocenters. The maximum Gasteiger partial charge on any atom is 0.226 e. The lowest BCUT2D eigenvalue weighted by Gasteiger charge is -2.01. The summed E-state index contributed by atoms with van der Waals surface area (Å²) in [7, 11) is 0. The third-order valence-corrected chi connectivity index (χ3v) is 4.82. The monoisotopic (exact) mass is 332 g/mol. The van der Waals surface area contributed by atoms with Crippen LogP contribution in [-0.4, -0.2) is 10.9 Å². The average molecular weight is 332 g/mol. The molecule has 3 nitrogen and oxygen atoms in total. The largest absolute Gasteiger partial charge is 0.351 e. The Kier molecular flexibility index (Phi) is 4.60. The van der Waals surface area contributed by atoms with Crippen molar-refractivity contribution in [3.63, 3.8) is 0 Å². The van der Waals surface area contributed by atoms with E-state index in [0.29, 0.717) is 12.2 Å². The first kappa shape index (κ1) is 14.9. The molecule has 0 aliphatic rings. The first-order chi connectivity index (χ1) is 10.7. The summed E-state index contributed by atoms with van der Waals surface area (Å²) in [6.45, 7) is 0.539. The van der Waals surface area contributed by atoms with Crippen LogP contribution in [0.2, 0.25) is 0 Å².